The molecule has 6 nitrogen and oxygen atoms in total. The zero-order valence-electron chi connectivity index (χ0n) is 9.49. The van der Waals surface area contributed by atoms with Crippen LogP contribution in [-0.2, 0) is 6.54 Å². The average Bonchev–Trinajstić information content (AvgIpc) is 2.72. The highest BCUT2D eigenvalue weighted by Crippen LogP contribution is 2.11. The first-order valence-corrected chi connectivity index (χ1v) is 5.43. The molecule has 2 rings (SSSR count). The summed E-state index contributed by atoms with van der Waals surface area (Å²) in [4.78, 5) is 11.9. The maximum Gasteiger partial charge on any atom is 0.229 e. The van der Waals surface area contributed by atoms with Gasteiger partial charge in [0.2, 0.25) is 17.2 Å². The fraction of sp³-hybridized carbons (Fsp3) is 0.300. The Labute approximate surface area is 103 Å². The summed E-state index contributed by atoms with van der Waals surface area (Å²) in [5.74, 6) is 2.50. The number of hydrogen-bond donors (Lipinski definition) is 2. The van der Waals surface area contributed by atoms with Gasteiger partial charge in [0.05, 0.1) is 6.54 Å². The van der Waals surface area contributed by atoms with Crippen LogP contribution < -0.4 is 10.6 Å². The van der Waals surface area contributed by atoms with Gasteiger partial charge in [-0.1, -0.05) is 0 Å². The van der Waals surface area contributed by atoms with Gasteiger partial charge in [-0.3, -0.25) is 0 Å². The molecule has 0 radical (unpaired) electrons. The van der Waals surface area contributed by atoms with E-state index in [4.69, 9.17) is 16.0 Å². The molecule has 0 aliphatic carbocycles. The first kappa shape index (κ1) is 11.7. The summed E-state index contributed by atoms with van der Waals surface area (Å²) in [5, 5.41) is 5.95. The van der Waals surface area contributed by atoms with Crippen molar-refractivity contribution < 1.29 is 4.42 Å². The summed E-state index contributed by atoms with van der Waals surface area (Å²) in [7, 11) is 1.71. The number of nitrogens with one attached hydrogen (secondary N) is 2. The molecule has 0 aliphatic heterocycles. The maximum atomic E-state index is 5.75. The molecule has 0 amide bonds. The number of aryl methyl sites for hydroxylation is 1. The zero-order chi connectivity index (χ0) is 12.3. The van der Waals surface area contributed by atoms with Gasteiger partial charge in [0.25, 0.3) is 0 Å². The Balaban J connectivity index is 2.05. The van der Waals surface area contributed by atoms with Gasteiger partial charge < -0.3 is 15.1 Å². The minimum absolute atomic E-state index is 0.141. The van der Waals surface area contributed by atoms with Gasteiger partial charge in [-0.25, -0.2) is 0 Å². The van der Waals surface area contributed by atoms with Crippen molar-refractivity contribution in [2.75, 3.05) is 17.7 Å². The molecule has 7 heteroatoms. The molecule has 90 valence electrons. The Kier molecular flexibility index (Phi) is 3.43. The lowest BCUT2D eigenvalue weighted by molar-refractivity contribution is 0.490. The zero-order valence-corrected chi connectivity index (χ0v) is 10.2. The van der Waals surface area contributed by atoms with E-state index < -0.39 is 0 Å². The topological polar surface area (TPSA) is 75.9 Å². The fourth-order valence-corrected chi connectivity index (χ4v) is 1.45. The smallest absolute Gasteiger partial charge is 0.229 e. The maximum absolute atomic E-state index is 5.75. The summed E-state index contributed by atoms with van der Waals surface area (Å²) >= 11 is 5.75. The van der Waals surface area contributed by atoms with Crippen LogP contribution in [-0.4, -0.2) is 22.0 Å². The summed E-state index contributed by atoms with van der Waals surface area (Å²) in [6.07, 6.45) is 0. The van der Waals surface area contributed by atoms with E-state index in [1.54, 1.807) is 7.05 Å². The van der Waals surface area contributed by atoms with Crippen molar-refractivity contribution in [2.45, 2.75) is 13.5 Å². The van der Waals surface area contributed by atoms with E-state index in [-0.39, 0.29) is 5.28 Å². The number of halogens is 1. The largest absolute Gasteiger partial charge is 0.465 e. The third-order valence-corrected chi connectivity index (χ3v) is 2.22. The second-order valence-electron chi connectivity index (χ2n) is 3.37. The molecule has 0 atom stereocenters. The Bertz CT molecular complexity index is 513. The first-order valence-electron chi connectivity index (χ1n) is 5.06. The number of anilines is 2. The average molecular weight is 254 g/mol. The number of aromatic nitrogens is 3. The lowest BCUT2D eigenvalue weighted by Gasteiger charge is -2.04. The fourth-order valence-electron chi connectivity index (χ4n) is 1.29. The summed E-state index contributed by atoms with van der Waals surface area (Å²) in [6.45, 7) is 2.39. The highest BCUT2D eigenvalue weighted by atomic mass is 35.5. The van der Waals surface area contributed by atoms with Crippen molar-refractivity contribution in [3.63, 3.8) is 0 Å². The van der Waals surface area contributed by atoms with E-state index in [2.05, 4.69) is 25.6 Å². The molecule has 0 fully saturated rings. The number of hydrogen-bond acceptors (Lipinski definition) is 6. The van der Waals surface area contributed by atoms with Gasteiger partial charge >= 0.3 is 0 Å². The van der Waals surface area contributed by atoms with Crippen LogP contribution in [0.25, 0.3) is 0 Å². The summed E-state index contributed by atoms with van der Waals surface area (Å²) in [6, 6.07) is 3.79. The van der Waals surface area contributed by atoms with E-state index in [1.165, 1.54) is 0 Å². The summed E-state index contributed by atoms with van der Waals surface area (Å²) in [5.41, 5.74) is 0. The van der Waals surface area contributed by atoms with Crippen molar-refractivity contribution in [3.8, 4) is 0 Å². The lowest BCUT2D eigenvalue weighted by atomic mass is 10.4. The molecule has 0 aliphatic rings. The van der Waals surface area contributed by atoms with Crippen molar-refractivity contribution in [2.24, 2.45) is 0 Å². The molecule has 0 spiro atoms. The molecular formula is C10H12ClN5O. The van der Waals surface area contributed by atoms with Crippen molar-refractivity contribution in [3.05, 3.63) is 28.9 Å². The van der Waals surface area contributed by atoms with Gasteiger partial charge in [0.1, 0.15) is 11.5 Å². The molecule has 0 aromatic carbocycles. The summed E-state index contributed by atoms with van der Waals surface area (Å²) < 4.78 is 5.41. The van der Waals surface area contributed by atoms with Crippen LogP contribution >= 0.6 is 11.6 Å². The molecule has 17 heavy (non-hydrogen) atoms. The first-order chi connectivity index (χ1) is 8.17. The van der Waals surface area contributed by atoms with Crippen LogP contribution in [0.15, 0.2) is 16.5 Å². The van der Waals surface area contributed by atoms with Crippen LogP contribution in [0, 0.1) is 6.92 Å². The predicted octanol–water partition coefficient (Wildman–Crippen LogP) is 2.08. The van der Waals surface area contributed by atoms with E-state index in [0.717, 1.165) is 11.5 Å². The minimum atomic E-state index is 0.141. The normalized spacial score (nSPS) is 10.3. The van der Waals surface area contributed by atoms with E-state index in [9.17, 15) is 0 Å². The monoisotopic (exact) mass is 253 g/mol. The molecular weight excluding hydrogens is 242 g/mol. The molecule has 0 unspecified atom stereocenters. The van der Waals surface area contributed by atoms with Crippen molar-refractivity contribution >= 4 is 23.5 Å². The quantitative estimate of drug-likeness (QED) is 0.869. The number of rotatable bonds is 4. The van der Waals surface area contributed by atoms with Crippen LogP contribution in [0.3, 0.4) is 0 Å². The number of nitrogens with zero attached hydrogens (tertiary/aromatic N) is 3. The standard InChI is InChI=1S/C10H12ClN5O/c1-6-3-4-7(17-6)5-13-10-15-8(11)14-9(12-2)16-10/h3-4H,5H2,1-2H3,(H2,12,13,14,15,16). The third kappa shape index (κ3) is 3.07. The minimum Gasteiger partial charge on any atom is -0.465 e. The van der Waals surface area contributed by atoms with E-state index in [1.807, 2.05) is 19.1 Å². The van der Waals surface area contributed by atoms with Gasteiger partial charge in [-0.15, -0.1) is 0 Å². The van der Waals surface area contributed by atoms with Crippen LogP contribution in [0.2, 0.25) is 5.28 Å². The highest BCUT2D eigenvalue weighted by Gasteiger charge is 2.04. The van der Waals surface area contributed by atoms with Crippen LogP contribution in [0.5, 0.6) is 0 Å². The predicted molar refractivity (Wildman–Crippen MR) is 65.2 cm³/mol. The van der Waals surface area contributed by atoms with Gasteiger partial charge in [-0.2, -0.15) is 15.0 Å². The Hall–Kier alpha value is -1.82. The molecule has 0 saturated heterocycles. The molecule has 2 heterocycles. The molecule has 0 bridgehead atoms. The van der Waals surface area contributed by atoms with Gasteiger partial charge in [-0.05, 0) is 30.7 Å². The third-order valence-electron chi connectivity index (χ3n) is 2.05. The lowest BCUT2D eigenvalue weighted by Crippen LogP contribution is -2.06. The second-order valence-corrected chi connectivity index (χ2v) is 3.71. The van der Waals surface area contributed by atoms with Gasteiger partial charge in [0, 0.05) is 7.05 Å². The SMILES string of the molecule is CNc1nc(Cl)nc(NCc2ccc(C)o2)n1. The molecule has 2 aromatic rings. The Morgan fingerprint density at radius 2 is 2.00 bits per heavy atom. The van der Waals surface area contributed by atoms with Crippen LogP contribution in [0.4, 0.5) is 11.9 Å². The van der Waals surface area contributed by atoms with E-state index >= 15 is 0 Å². The van der Waals surface area contributed by atoms with Gasteiger partial charge in [0.15, 0.2) is 0 Å². The van der Waals surface area contributed by atoms with E-state index in [0.29, 0.717) is 18.4 Å². The number of furan rings is 1. The molecule has 2 aromatic heterocycles. The molecule has 2 N–H and O–H groups in total. The van der Waals surface area contributed by atoms with Crippen molar-refractivity contribution in [1.29, 1.82) is 0 Å². The highest BCUT2D eigenvalue weighted by molar-refractivity contribution is 6.28. The van der Waals surface area contributed by atoms with Crippen LogP contribution in [0.1, 0.15) is 11.5 Å². The molecule has 0 saturated carbocycles. The van der Waals surface area contributed by atoms with Crippen molar-refractivity contribution in [1.82, 2.24) is 15.0 Å². The second kappa shape index (κ2) is 5.01. The Morgan fingerprint density at radius 1 is 1.24 bits per heavy atom. The Morgan fingerprint density at radius 3 is 2.65 bits per heavy atom.